The molecule has 0 radical (unpaired) electrons. The van der Waals surface area contributed by atoms with Crippen molar-refractivity contribution in [2.75, 3.05) is 6.61 Å². The van der Waals surface area contributed by atoms with Crippen molar-refractivity contribution in [1.82, 2.24) is 14.5 Å². The fourth-order valence-electron chi connectivity index (χ4n) is 1.61. The van der Waals surface area contributed by atoms with Gasteiger partial charge in [0.1, 0.15) is 0 Å². The summed E-state index contributed by atoms with van der Waals surface area (Å²) in [5.41, 5.74) is 0. The van der Waals surface area contributed by atoms with E-state index in [2.05, 4.69) is 21.7 Å². The second-order valence-corrected chi connectivity index (χ2v) is 7.04. The van der Waals surface area contributed by atoms with E-state index in [1.807, 2.05) is 12.1 Å². The molecule has 0 bridgehead atoms. The van der Waals surface area contributed by atoms with Gasteiger partial charge in [0.05, 0.1) is 17.7 Å². The summed E-state index contributed by atoms with van der Waals surface area (Å²) in [7, 11) is -1.99. The van der Waals surface area contributed by atoms with Crippen LogP contribution in [-0.4, -0.2) is 29.9 Å². The summed E-state index contributed by atoms with van der Waals surface area (Å²) in [6, 6.07) is 5.12. The Labute approximate surface area is 127 Å². The molecule has 8 heteroatoms. The van der Waals surface area contributed by atoms with Crippen molar-refractivity contribution in [2.45, 2.75) is 18.0 Å². The maximum Gasteiger partial charge on any atom is 0.258 e. The summed E-state index contributed by atoms with van der Waals surface area (Å²) >= 11 is 1.42. The molecule has 6 nitrogen and oxygen atoms in total. The zero-order valence-electron chi connectivity index (χ0n) is 11.4. The van der Waals surface area contributed by atoms with Gasteiger partial charge in [0.25, 0.3) is 10.0 Å². The Morgan fingerprint density at radius 1 is 1.43 bits per heavy atom. The minimum Gasteiger partial charge on any atom is -0.395 e. The smallest absolute Gasteiger partial charge is 0.258 e. The maximum absolute atomic E-state index is 12.1. The minimum atomic E-state index is -3.57. The van der Waals surface area contributed by atoms with Gasteiger partial charge in [-0.05, 0) is 18.2 Å². The van der Waals surface area contributed by atoms with E-state index >= 15 is 0 Å². The predicted octanol–water partition coefficient (Wildman–Crippen LogP) is 0.694. The molecule has 0 saturated heterocycles. The number of aliphatic hydroxyl groups excluding tert-OH is 1. The van der Waals surface area contributed by atoms with E-state index in [0.29, 0.717) is 6.42 Å². The highest BCUT2D eigenvalue weighted by Crippen LogP contribution is 2.16. The van der Waals surface area contributed by atoms with Gasteiger partial charge in [-0.2, -0.15) is 5.10 Å². The molecule has 0 spiro atoms. The largest absolute Gasteiger partial charge is 0.395 e. The van der Waals surface area contributed by atoms with E-state index in [9.17, 15) is 8.42 Å². The summed E-state index contributed by atoms with van der Waals surface area (Å²) in [5, 5.41) is 12.6. The third-order valence-electron chi connectivity index (χ3n) is 2.60. The van der Waals surface area contributed by atoms with Gasteiger partial charge in [0.2, 0.25) is 0 Å². The lowest BCUT2D eigenvalue weighted by Gasteiger charge is -2.05. The number of nitrogens with zero attached hydrogens (tertiary/aromatic N) is 2. The van der Waals surface area contributed by atoms with E-state index < -0.39 is 10.0 Å². The maximum atomic E-state index is 12.1. The molecule has 2 heterocycles. The zero-order chi connectivity index (χ0) is 15.3. The van der Waals surface area contributed by atoms with Gasteiger partial charge >= 0.3 is 0 Å². The van der Waals surface area contributed by atoms with Crippen molar-refractivity contribution in [3.63, 3.8) is 0 Å². The van der Waals surface area contributed by atoms with Crippen LogP contribution in [0.2, 0.25) is 0 Å². The first-order chi connectivity index (χ1) is 10.0. The van der Waals surface area contributed by atoms with E-state index in [1.54, 1.807) is 7.05 Å². The topological polar surface area (TPSA) is 84.2 Å². The average molecular weight is 325 g/mol. The van der Waals surface area contributed by atoms with Crippen molar-refractivity contribution in [1.29, 1.82) is 0 Å². The predicted molar refractivity (Wildman–Crippen MR) is 80.1 cm³/mol. The highest BCUT2D eigenvalue weighted by atomic mass is 32.2. The van der Waals surface area contributed by atoms with Crippen LogP contribution < -0.4 is 4.72 Å². The summed E-state index contributed by atoms with van der Waals surface area (Å²) in [5.74, 6) is 5.74. The molecular weight excluding hydrogens is 310 g/mol. The van der Waals surface area contributed by atoms with Crippen LogP contribution in [0.4, 0.5) is 0 Å². The van der Waals surface area contributed by atoms with Gasteiger partial charge < -0.3 is 5.11 Å². The Morgan fingerprint density at radius 2 is 2.24 bits per heavy atom. The third-order valence-corrected chi connectivity index (χ3v) is 5.07. The second kappa shape index (κ2) is 6.87. The molecule has 0 aliphatic heterocycles. The van der Waals surface area contributed by atoms with Gasteiger partial charge in [0.15, 0.2) is 5.03 Å². The first-order valence-corrected chi connectivity index (χ1v) is 8.49. The molecule has 0 aliphatic rings. The molecular formula is C13H15N3O3S2. The molecule has 112 valence electrons. The Hall–Kier alpha value is -1.66. The molecule has 0 aromatic carbocycles. The number of hydrogen-bond donors (Lipinski definition) is 2. The molecule has 2 aromatic heterocycles. The number of nitrogens with one attached hydrogen (secondary N) is 1. The first-order valence-electron chi connectivity index (χ1n) is 6.19. The number of aryl methyl sites for hydroxylation is 1. The van der Waals surface area contributed by atoms with Crippen molar-refractivity contribution >= 4 is 21.4 Å². The average Bonchev–Trinajstić information content (AvgIpc) is 3.06. The van der Waals surface area contributed by atoms with E-state index in [-0.39, 0.29) is 18.2 Å². The highest BCUT2D eigenvalue weighted by Gasteiger charge is 2.17. The van der Waals surface area contributed by atoms with Crippen LogP contribution in [0.5, 0.6) is 0 Å². The van der Waals surface area contributed by atoms with Crippen LogP contribution in [0.3, 0.4) is 0 Å². The normalized spacial score (nSPS) is 11.1. The fourth-order valence-corrected chi connectivity index (χ4v) is 3.65. The Balaban J connectivity index is 2.01. The van der Waals surface area contributed by atoms with Gasteiger partial charge in [-0.3, -0.25) is 4.68 Å². The van der Waals surface area contributed by atoms with Crippen LogP contribution in [-0.2, 0) is 23.6 Å². The molecule has 0 unspecified atom stereocenters. The van der Waals surface area contributed by atoms with E-state index in [4.69, 9.17) is 5.11 Å². The molecule has 2 rings (SSSR count). The molecule has 2 N–H and O–H groups in total. The van der Waals surface area contributed by atoms with E-state index in [0.717, 1.165) is 9.75 Å². The number of aromatic nitrogens is 2. The number of thiophene rings is 1. The minimum absolute atomic E-state index is 0.0374. The zero-order valence-corrected chi connectivity index (χ0v) is 13.0. The highest BCUT2D eigenvalue weighted by molar-refractivity contribution is 7.89. The Morgan fingerprint density at radius 3 is 2.90 bits per heavy atom. The van der Waals surface area contributed by atoms with Gasteiger partial charge in [-0.15, -0.1) is 11.3 Å². The fraction of sp³-hybridized carbons (Fsp3) is 0.308. The van der Waals surface area contributed by atoms with Crippen molar-refractivity contribution in [3.05, 3.63) is 34.2 Å². The first kappa shape index (κ1) is 15.7. The van der Waals surface area contributed by atoms with Gasteiger partial charge in [0, 0.05) is 24.9 Å². The van der Waals surface area contributed by atoms with Crippen LogP contribution in [0, 0.1) is 11.8 Å². The molecule has 0 saturated carbocycles. The molecule has 0 aliphatic carbocycles. The van der Waals surface area contributed by atoms with Gasteiger partial charge in [-0.1, -0.05) is 11.8 Å². The van der Waals surface area contributed by atoms with Crippen LogP contribution in [0.1, 0.15) is 16.2 Å². The molecule has 2 aromatic rings. The summed E-state index contributed by atoms with van der Waals surface area (Å²) < 4.78 is 28.0. The van der Waals surface area contributed by atoms with Crippen LogP contribution in [0.25, 0.3) is 0 Å². The van der Waals surface area contributed by atoms with Crippen LogP contribution >= 0.6 is 11.3 Å². The Kier molecular flexibility index (Phi) is 5.14. The van der Waals surface area contributed by atoms with Gasteiger partial charge in [-0.25, -0.2) is 13.1 Å². The molecule has 0 fully saturated rings. The lowest BCUT2D eigenvalue weighted by atomic mass is 10.4. The number of aliphatic hydroxyl groups is 1. The quantitative estimate of drug-likeness (QED) is 0.793. The van der Waals surface area contributed by atoms with E-state index in [1.165, 1.54) is 28.3 Å². The number of hydrogen-bond acceptors (Lipinski definition) is 5. The monoisotopic (exact) mass is 325 g/mol. The molecule has 21 heavy (non-hydrogen) atoms. The lowest BCUT2D eigenvalue weighted by molar-refractivity contribution is 0.305. The second-order valence-electron chi connectivity index (χ2n) is 4.16. The number of sulfonamides is 1. The van der Waals surface area contributed by atoms with Crippen LogP contribution in [0.15, 0.2) is 29.4 Å². The van der Waals surface area contributed by atoms with Crippen molar-refractivity contribution in [3.8, 4) is 11.8 Å². The summed E-state index contributed by atoms with van der Waals surface area (Å²) in [6.45, 7) is 0.246. The molecule has 0 amide bonds. The number of rotatable bonds is 5. The van der Waals surface area contributed by atoms with Crippen molar-refractivity contribution < 1.29 is 13.5 Å². The summed E-state index contributed by atoms with van der Waals surface area (Å²) in [6.07, 6.45) is 1.87. The standard InChI is InChI=1S/C13H15N3O3S2/c1-16-13(7-8-14-16)21(18,19)15-10-12-6-5-11(20-12)4-2-3-9-17/h5-8,15,17H,3,9-10H2,1H3. The lowest BCUT2D eigenvalue weighted by Crippen LogP contribution is -2.24. The SMILES string of the molecule is Cn1nccc1S(=O)(=O)NCc1ccc(C#CCCO)s1. The third kappa shape index (κ3) is 4.15. The van der Waals surface area contributed by atoms with Crippen molar-refractivity contribution in [2.24, 2.45) is 7.05 Å². The molecule has 0 atom stereocenters. The Bertz CT molecular complexity index is 766. The summed E-state index contributed by atoms with van der Waals surface area (Å²) in [4.78, 5) is 1.72.